The molecular formula is C22H20N4O2. The molecule has 0 radical (unpaired) electrons. The smallest absolute Gasteiger partial charge is 0.278 e. The molecule has 0 saturated carbocycles. The Balaban J connectivity index is 1.43. The Hall–Kier alpha value is -3.25. The van der Waals surface area contributed by atoms with Crippen LogP contribution < -0.4 is 0 Å². The molecule has 28 heavy (non-hydrogen) atoms. The Kier molecular flexibility index (Phi) is 4.06. The van der Waals surface area contributed by atoms with Gasteiger partial charge in [0.05, 0.1) is 25.2 Å². The molecule has 0 bridgehead atoms. The van der Waals surface area contributed by atoms with E-state index in [2.05, 4.69) is 57.8 Å². The predicted octanol–water partition coefficient (Wildman–Crippen LogP) is 4.49. The molecule has 2 aromatic carbocycles. The van der Waals surface area contributed by atoms with Crippen molar-refractivity contribution >= 4 is 0 Å². The van der Waals surface area contributed by atoms with Gasteiger partial charge < -0.3 is 13.8 Å². The van der Waals surface area contributed by atoms with Gasteiger partial charge in [-0.1, -0.05) is 47.6 Å². The lowest BCUT2D eigenvalue weighted by atomic mass is 10.1. The van der Waals surface area contributed by atoms with E-state index in [9.17, 15) is 0 Å². The molecule has 5 rings (SSSR count). The van der Waals surface area contributed by atoms with E-state index < -0.39 is 0 Å². The van der Waals surface area contributed by atoms with Gasteiger partial charge in [0.1, 0.15) is 6.10 Å². The first-order valence-electron chi connectivity index (χ1n) is 9.31. The fourth-order valence-electron chi connectivity index (χ4n) is 3.49. The number of benzene rings is 2. The molecule has 3 heterocycles. The fourth-order valence-corrected chi connectivity index (χ4v) is 3.49. The minimum absolute atomic E-state index is 0.0181. The van der Waals surface area contributed by atoms with Crippen molar-refractivity contribution in [2.24, 2.45) is 0 Å². The Morgan fingerprint density at radius 2 is 1.89 bits per heavy atom. The highest BCUT2D eigenvalue weighted by atomic mass is 16.5. The zero-order chi connectivity index (χ0) is 19.1. The Morgan fingerprint density at radius 3 is 2.71 bits per heavy atom. The number of imidazole rings is 1. The molecule has 6 nitrogen and oxygen atoms in total. The fraction of sp³-hybridized carbons (Fsp3) is 0.227. The topological polar surface area (TPSA) is 66.0 Å². The van der Waals surface area contributed by atoms with Crippen LogP contribution in [0.4, 0.5) is 0 Å². The van der Waals surface area contributed by atoms with Crippen LogP contribution in [-0.4, -0.2) is 19.7 Å². The Bertz CT molecular complexity index is 1130. The number of nitrogens with zero attached hydrogens (tertiary/aromatic N) is 4. The molecule has 2 aromatic heterocycles. The number of aromatic nitrogens is 4. The van der Waals surface area contributed by atoms with Crippen LogP contribution in [0.1, 0.15) is 28.5 Å². The molecular weight excluding hydrogens is 352 g/mol. The molecule has 0 aliphatic carbocycles. The number of hydrogen-bond donors (Lipinski definition) is 0. The van der Waals surface area contributed by atoms with Gasteiger partial charge in [0, 0.05) is 5.56 Å². The van der Waals surface area contributed by atoms with Crippen molar-refractivity contribution < 1.29 is 9.26 Å². The van der Waals surface area contributed by atoms with E-state index in [0.29, 0.717) is 30.6 Å². The third-order valence-electron chi connectivity index (χ3n) is 5.30. The van der Waals surface area contributed by atoms with Crippen LogP contribution in [0.15, 0.2) is 59.4 Å². The molecule has 140 valence electrons. The summed E-state index contributed by atoms with van der Waals surface area (Å²) in [6.07, 6.45) is 1.84. The Morgan fingerprint density at radius 1 is 1.04 bits per heavy atom. The first-order valence-corrected chi connectivity index (χ1v) is 9.31. The lowest BCUT2D eigenvalue weighted by Gasteiger charge is -2.25. The SMILES string of the molecule is Cc1ccc(-c2noc(-c3ncn4c3CO[C@@H](c3ccccc3)C4)n2)cc1C. The monoisotopic (exact) mass is 372 g/mol. The lowest BCUT2D eigenvalue weighted by Crippen LogP contribution is -2.20. The van der Waals surface area contributed by atoms with Gasteiger partial charge in [-0.25, -0.2) is 4.98 Å². The maximum Gasteiger partial charge on any atom is 0.278 e. The average molecular weight is 372 g/mol. The molecule has 1 aliphatic heterocycles. The van der Waals surface area contributed by atoms with Crippen molar-refractivity contribution in [3.05, 3.63) is 77.2 Å². The maximum atomic E-state index is 6.08. The summed E-state index contributed by atoms with van der Waals surface area (Å²) in [6.45, 7) is 5.33. The summed E-state index contributed by atoms with van der Waals surface area (Å²) in [5.41, 5.74) is 6.19. The number of ether oxygens (including phenoxy) is 1. The van der Waals surface area contributed by atoms with Crippen LogP contribution in [0.2, 0.25) is 0 Å². The minimum atomic E-state index is 0.0181. The van der Waals surface area contributed by atoms with Gasteiger partial charge in [-0.15, -0.1) is 0 Å². The molecule has 1 atom stereocenters. The van der Waals surface area contributed by atoms with Crippen molar-refractivity contribution in [3.63, 3.8) is 0 Å². The van der Waals surface area contributed by atoms with Crippen molar-refractivity contribution in [1.29, 1.82) is 0 Å². The zero-order valence-electron chi connectivity index (χ0n) is 15.8. The van der Waals surface area contributed by atoms with Crippen LogP contribution in [0.25, 0.3) is 23.0 Å². The van der Waals surface area contributed by atoms with Gasteiger partial charge in [-0.3, -0.25) is 0 Å². The Labute approximate surface area is 162 Å². The summed E-state index contributed by atoms with van der Waals surface area (Å²) in [5.74, 6) is 0.988. The second kappa shape index (κ2) is 6.73. The molecule has 1 aliphatic rings. The largest absolute Gasteiger partial charge is 0.365 e. The third-order valence-corrected chi connectivity index (χ3v) is 5.30. The average Bonchev–Trinajstić information content (AvgIpc) is 3.37. The molecule has 0 saturated heterocycles. The van der Waals surface area contributed by atoms with E-state index in [-0.39, 0.29) is 6.10 Å². The van der Waals surface area contributed by atoms with Gasteiger partial charge >= 0.3 is 0 Å². The van der Waals surface area contributed by atoms with Gasteiger partial charge in [-0.05, 0) is 36.6 Å². The second-order valence-electron chi connectivity index (χ2n) is 7.12. The molecule has 6 heteroatoms. The van der Waals surface area contributed by atoms with Crippen molar-refractivity contribution in [2.45, 2.75) is 33.1 Å². The van der Waals surface area contributed by atoms with E-state index in [4.69, 9.17) is 9.26 Å². The number of fused-ring (bicyclic) bond motifs is 1. The minimum Gasteiger partial charge on any atom is -0.365 e. The normalized spacial score (nSPS) is 16.1. The van der Waals surface area contributed by atoms with Crippen molar-refractivity contribution in [3.8, 4) is 23.0 Å². The highest BCUT2D eigenvalue weighted by molar-refractivity contribution is 5.60. The van der Waals surface area contributed by atoms with Gasteiger partial charge in [0.15, 0.2) is 5.69 Å². The summed E-state index contributed by atoms with van der Waals surface area (Å²) >= 11 is 0. The lowest BCUT2D eigenvalue weighted by molar-refractivity contribution is 0.00330. The van der Waals surface area contributed by atoms with Gasteiger partial charge in [0.2, 0.25) is 5.82 Å². The van der Waals surface area contributed by atoms with Gasteiger partial charge in [0.25, 0.3) is 5.89 Å². The number of rotatable bonds is 3. The van der Waals surface area contributed by atoms with E-state index >= 15 is 0 Å². The summed E-state index contributed by atoms with van der Waals surface area (Å²) in [7, 11) is 0. The zero-order valence-corrected chi connectivity index (χ0v) is 15.8. The molecule has 0 fully saturated rings. The van der Waals surface area contributed by atoms with Crippen LogP contribution in [-0.2, 0) is 17.9 Å². The van der Waals surface area contributed by atoms with E-state index in [1.807, 2.05) is 30.6 Å². The van der Waals surface area contributed by atoms with Gasteiger partial charge in [-0.2, -0.15) is 4.98 Å². The van der Waals surface area contributed by atoms with E-state index in [0.717, 1.165) is 11.3 Å². The first-order chi connectivity index (χ1) is 13.7. The quantitative estimate of drug-likeness (QED) is 0.530. The third kappa shape index (κ3) is 2.92. The first kappa shape index (κ1) is 16.9. The summed E-state index contributed by atoms with van der Waals surface area (Å²) in [5, 5.41) is 4.15. The molecule has 0 spiro atoms. The second-order valence-corrected chi connectivity index (χ2v) is 7.12. The van der Waals surface area contributed by atoms with E-state index in [1.165, 1.54) is 16.7 Å². The molecule has 0 N–H and O–H groups in total. The standard InChI is InChI=1S/C22H20N4O2/c1-14-8-9-17(10-15(14)2)21-24-22(28-25-21)20-18-12-27-19(11-26(18)13-23-20)16-6-4-3-5-7-16/h3-10,13,19H,11-12H2,1-2H3/t19-/m1/s1. The van der Waals surface area contributed by atoms with Crippen LogP contribution in [0.5, 0.6) is 0 Å². The predicted molar refractivity (Wildman–Crippen MR) is 104 cm³/mol. The van der Waals surface area contributed by atoms with Crippen LogP contribution in [0.3, 0.4) is 0 Å². The number of aryl methyl sites for hydroxylation is 2. The highest BCUT2D eigenvalue weighted by Gasteiger charge is 2.26. The molecule has 0 amide bonds. The number of hydrogen-bond acceptors (Lipinski definition) is 5. The summed E-state index contributed by atoms with van der Waals surface area (Å²) in [4.78, 5) is 9.09. The maximum absolute atomic E-state index is 6.08. The summed E-state index contributed by atoms with van der Waals surface area (Å²) < 4.78 is 13.7. The van der Waals surface area contributed by atoms with Crippen molar-refractivity contribution in [1.82, 2.24) is 19.7 Å². The van der Waals surface area contributed by atoms with Crippen LogP contribution in [0, 0.1) is 13.8 Å². The highest BCUT2D eigenvalue weighted by Crippen LogP contribution is 2.31. The van der Waals surface area contributed by atoms with Crippen LogP contribution >= 0.6 is 0 Å². The molecule has 4 aromatic rings. The van der Waals surface area contributed by atoms with E-state index in [1.54, 1.807) is 0 Å². The summed E-state index contributed by atoms with van der Waals surface area (Å²) in [6, 6.07) is 16.4. The molecule has 0 unspecified atom stereocenters. The van der Waals surface area contributed by atoms with Crippen molar-refractivity contribution in [2.75, 3.05) is 0 Å².